The molecule has 2 aliphatic rings. The summed E-state index contributed by atoms with van der Waals surface area (Å²) in [5, 5.41) is 3.55. The van der Waals surface area contributed by atoms with Gasteiger partial charge in [-0.1, -0.05) is 13.8 Å². The standard InChI is InChI=1S/C15H29NO/c1-12-9-13(2)11-15(10-12)17-8-4-3-7-16-14-5-6-14/h12-16H,3-11H2,1-2H3. The quantitative estimate of drug-likeness (QED) is 0.688. The van der Waals surface area contributed by atoms with Crippen molar-refractivity contribution in [1.82, 2.24) is 5.32 Å². The molecule has 2 fully saturated rings. The third-order valence-corrected chi connectivity index (χ3v) is 4.07. The van der Waals surface area contributed by atoms with E-state index in [0.717, 1.165) is 24.5 Å². The third kappa shape index (κ3) is 5.39. The Morgan fingerprint density at radius 1 is 1.00 bits per heavy atom. The van der Waals surface area contributed by atoms with Crippen molar-refractivity contribution < 1.29 is 4.74 Å². The van der Waals surface area contributed by atoms with Crippen LogP contribution >= 0.6 is 0 Å². The minimum absolute atomic E-state index is 0.546. The number of unbranched alkanes of at least 4 members (excludes halogenated alkanes) is 1. The number of nitrogens with one attached hydrogen (secondary N) is 1. The first-order chi connectivity index (χ1) is 8.24. The minimum atomic E-state index is 0.546. The lowest BCUT2D eigenvalue weighted by Crippen LogP contribution is -2.26. The van der Waals surface area contributed by atoms with Gasteiger partial charge in [0.2, 0.25) is 0 Å². The van der Waals surface area contributed by atoms with Crippen LogP contribution in [0.15, 0.2) is 0 Å². The molecule has 1 N–H and O–H groups in total. The second kappa shape index (κ2) is 6.75. The van der Waals surface area contributed by atoms with Gasteiger partial charge in [0, 0.05) is 12.6 Å². The topological polar surface area (TPSA) is 21.3 Å². The first kappa shape index (κ1) is 13.4. The summed E-state index contributed by atoms with van der Waals surface area (Å²) in [6.45, 7) is 6.89. The molecule has 0 saturated heterocycles. The number of ether oxygens (including phenoxy) is 1. The highest BCUT2D eigenvalue weighted by Crippen LogP contribution is 2.30. The summed E-state index contributed by atoms with van der Waals surface area (Å²) >= 11 is 0. The lowest BCUT2D eigenvalue weighted by Gasteiger charge is -2.31. The second-order valence-corrected chi connectivity index (χ2v) is 6.35. The van der Waals surface area contributed by atoms with Crippen LogP contribution < -0.4 is 5.32 Å². The van der Waals surface area contributed by atoms with Crippen LogP contribution in [0.1, 0.15) is 58.8 Å². The zero-order valence-electron chi connectivity index (χ0n) is 11.6. The van der Waals surface area contributed by atoms with Gasteiger partial charge < -0.3 is 10.1 Å². The molecule has 0 amide bonds. The van der Waals surface area contributed by atoms with Crippen molar-refractivity contribution >= 4 is 0 Å². The number of rotatable bonds is 7. The molecule has 2 aliphatic carbocycles. The van der Waals surface area contributed by atoms with Crippen molar-refractivity contribution in [2.75, 3.05) is 13.2 Å². The third-order valence-electron chi connectivity index (χ3n) is 4.07. The average molecular weight is 239 g/mol. The van der Waals surface area contributed by atoms with Crippen LogP contribution in [0.25, 0.3) is 0 Å². The zero-order chi connectivity index (χ0) is 12.1. The molecular weight excluding hydrogens is 210 g/mol. The summed E-state index contributed by atoms with van der Waals surface area (Å²) in [6.07, 6.45) is 9.79. The summed E-state index contributed by atoms with van der Waals surface area (Å²) in [4.78, 5) is 0. The number of hydrogen-bond donors (Lipinski definition) is 1. The SMILES string of the molecule is CC1CC(C)CC(OCCCCNC2CC2)C1. The minimum Gasteiger partial charge on any atom is -0.378 e. The first-order valence-electron chi connectivity index (χ1n) is 7.59. The Bertz CT molecular complexity index is 205. The Balaban J connectivity index is 1.46. The molecule has 2 atom stereocenters. The average Bonchev–Trinajstić information content (AvgIpc) is 3.05. The van der Waals surface area contributed by atoms with Gasteiger partial charge in [0.25, 0.3) is 0 Å². The molecule has 0 spiro atoms. The maximum absolute atomic E-state index is 6.02. The molecule has 2 unspecified atom stereocenters. The van der Waals surface area contributed by atoms with Gasteiger partial charge in [-0.25, -0.2) is 0 Å². The molecule has 0 aromatic heterocycles. The first-order valence-corrected chi connectivity index (χ1v) is 7.59. The van der Waals surface area contributed by atoms with Gasteiger partial charge in [-0.05, 0) is 63.3 Å². The maximum Gasteiger partial charge on any atom is 0.0580 e. The van der Waals surface area contributed by atoms with Crippen molar-refractivity contribution in [3.63, 3.8) is 0 Å². The molecule has 100 valence electrons. The van der Waals surface area contributed by atoms with E-state index in [9.17, 15) is 0 Å². The number of hydrogen-bond acceptors (Lipinski definition) is 2. The fraction of sp³-hybridized carbons (Fsp3) is 1.00. The summed E-state index contributed by atoms with van der Waals surface area (Å²) in [5.74, 6) is 1.72. The highest BCUT2D eigenvalue weighted by molar-refractivity contribution is 4.80. The Morgan fingerprint density at radius 2 is 1.71 bits per heavy atom. The molecule has 0 aromatic carbocycles. The zero-order valence-corrected chi connectivity index (χ0v) is 11.6. The van der Waals surface area contributed by atoms with Crippen molar-refractivity contribution in [2.45, 2.75) is 70.9 Å². The van der Waals surface area contributed by atoms with Gasteiger partial charge in [0.05, 0.1) is 6.10 Å². The Morgan fingerprint density at radius 3 is 2.35 bits per heavy atom. The normalized spacial score (nSPS) is 33.9. The van der Waals surface area contributed by atoms with Crippen molar-refractivity contribution in [3.05, 3.63) is 0 Å². The highest BCUT2D eigenvalue weighted by atomic mass is 16.5. The highest BCUT2D eigenvalue weighted by Gasteiger charge is 2.24. The van der Waals surface area contributed by atoms with Gasteiger partial charge in [-0.2, -0.15) is 0 Å². The van der Waals surface area contributed by atoms with E-state index in [1.165, 1.54) is 51.5 Å². The largest absolute Gasteiger partial charge is 0.378 e. The van der Waals surface area contributed by atoms with Crippen LogP contribution in [-0.2, 0) is 4.74 Å². The van der Waals surface area contributed by atoms with Crippen molar-refractivity contribution in [2.24, 2.45) is 11.8 Å². The monoisotopic (exact) mass is 239 g/mol. The summed E-state index contributed by atoms with van der Waals surface area (Å²) < 4.78 is 6.02. The summed E-state index contributed by atoms with van der Waals surface area (Å²) in [7, 11) is 0. The molecule has 0 radical (unpaired) electrons. The summed E-state index contributed by atoms with van der Waals surface area (Å²) in [6, 6.07) is 0.857. The molecular formula is C15H29NO. The molecule has 0 heterocycles. The molecule has 2 rings (SSSR count). The van der Waals surface area contributed by atoms with Gasteiger partial charge in [0.1, 0.15) is 0 Å². The van der Waals surface area contributed by atoms with Crippen molar-refractivity contribution in [3.8, 4) is 0 Å². The van der Waals surface area contributed by atoms with Crippen LogP contribution in [0.4, 0.5) is 0 Å². The molecule has 17 heavy (non-hydrogen) atoms. The molecule has 2 heteroatoms. The van der Waals surface area contributed by atoms with E-state index in [1.807, 2.05) is 0 Å². The smallest absolute Gasteiger partial charge is 0.0580 e. The lowest BCUT2D eigenvalue weighted by atomic mass is 9.82. The van der Waals surface area contributed by atoms with Gasteiger partial charge >= 0.3 is 0 Å². The Hall–Kier alpha value is -0.0800. The summed E-state index contributed by atoms with van der Waals surface area (Å²) in [5.41, 5.74) is 0. The van der Waals surface area contributed by atoms with Gasteiger partial charge in [0.15, 0.2) is 0 Å². The molecule has 2 nitrogen and oxygen atoms in total. The van der Waals surface area contributed by atoms with Crippen LogP contribution in [0.5, 0.6) is 0 Å². The molecule has 0 aromatic rings. The maximum atomic E-state index is 6.02. The van der Waals surface area contributed by atoms with Crippen LogP contribution in [-0.4, -0.2) is 25.3 Å². The van der Waals surface area contributed by atoms with Gasteiger partial charge in [-0.15, -0.1) is 0 Å². The lowest BCUT2D eigenvalue weighted by molar-refractivity contribution is -0.000433. The van der Waals surface area contributed by atoms with E-state index in [1.54, 1.807) is 0 Å². The molecule has 2 saturated carbocycles. The van der Waals surface area contributed by atoms with E-state index >= 15 is 0 Å². The predicted molar refractivity (Wildman–Crippen MR) is 72.2 cm³/mol. The van der Waals surface area contributed by atoms with Gasteiger partial charge in [-0.3, -0.25) is 0 Å². The Labute approximate surface area is 107 Å². The Kier molecular flexibility index (Phi) is 5.30. The predicted octanol–water partition coefficient (Wildman–Crippen LogP) is 3.36. The fourth-order valence-corrected chi connectivity index (χ4v) is 3.08. The second-order valence-electron chi connectivity index (χ2n) is 6.35. The van der Waals surface area contributed by atoms with Crippen molar-refractivity contribution in [1.29, 1.82) is 0 Å². The molecule has 0 bridgehead atoms. The van der Waals surface area contributed by atoms with E-state index in [0.29, 0.717) is 6.10 Å². The van der Waals surface area contributed by atoms with Crippen LogP contribution in [0.2, 0.25) is 0 Å². The van der Waals surface area contributed by atoms with E-state index < -0.39 is 0 Å². The fourth-order valence-electron chi connectivity index (χ4n) is 3.08. The molecule has 0 aliphatic heterocycles. The van der Waals surface area contributed by atoms with E-state index in [2.05, 4.69) is 19.2 Å². The van der Waals surface area contributed by atoms with Crippen LogP contribution in [0, 0.1) is 11.8 Å². The van der Waals surface area contributed by atoms with E-state index in [-0.39, 0.29) is 0 Å². The van der Waals surface area contributed by atoms with Crippen LogP contribution in [0.3, 0.4) is 0 Å². The van der Waals surface area contributed by atoms with E-state index in [4.69, 9.17) is 4.74 Å².